The highest BCUT2D eigenvalue weighted by molar-refractivity contribution is 6.15. The molecular formula is C20H16FN3O6. The smallest absolute Gasteiger partial charge is 0.329 e. The van der Waals surface area contributed by atoms with Crippen molar-refractivity contribution in [1.29, 1.82) is 0 Å². The number of rotatable bonds is 7. The zero-order chi connectivity index (χ0) is 21.7. The Morgan fingerprint density at radius 1 is 1.10 bits per heavy atom. The van der Waals surface area contributed by atoms with Crippen molar-refractivity contribution in [2.24, 2.45) is 0 Å². The summed E-state index contributed by atoms with van der Waals surface area (Å²) in [6.07, 6.45) is 1.40. The lowest BCUT2D eigenvalue weighted by Gasteiger charge is -2.08. The number of hydrogen-bond donors (Lipinski definition) is 3. The molecule has 10 heteroatoms. The molecule has 0 radical (unpaired) electrons. The minimum Gasteiger partial charge on any atom is -0.484 e. The number of carbonyl (C=O) groups is 4. The molecule has 3 N–H and O–H groups in total. The zero-order valence-electron chi connectivity index (χ0n) is 15.4. The number of nitrogens with one attached hydrogen (secondary N) is 2. The number of hydrogen-bond acceptors (Lipinski definition) is 5. The summed E-state index contributed by atoms with van der Waals surface area (Å²) in [6, 6.07) is 10.8. The van der Waals surface area contributed by atoms with Crippen molar-refractivity contribution >= 4 is 35.6 Å². The first-order valence-electron chi connectivity index (χ1n) is 8.66. The average Bonchev–Trinajstić information content (AvgIpc) is 2.96. The van der Waals surface area contributed by atoms with Gasteiger partial charge in [0, 0.05) is 5.69 Å². The molecule has 30 heavy (non-hydrogen) atoms. The fourth-order valence-corrected chi connectivity index (χ4v) is 2.56. The zero-order valence-corrected chi connectivity index (χ0v) is 15.4. The van der Waals surface area contributed by atoms with Gasteiger partial charge in [0.25, 0.3) is 11.8 Å². The molecule has 0 aromatic heterocycles. The van der Waals surface area contributed by atoms with E-state index in [9.17, 15) is 23.6 Å². The van der Waals surface area contributed by atoms with E-state index in [0.717, 1.165) is 0 Å². The van der Waals surface area contributed by atoms with E-state index in [1.54, 1.807) is 24.3 Å². The fraction of sp³-hybridized carbons (Fsp3) is 0.100. The minimum atomic E-state index is -1.30. The summed E-state index contributed by atoms with van der Waals surface area (Å²) in [7, 11) is 0. The highest BCUT2D eigenvalue weighted by atomic mass is 19.1. The molecule has 2 aromatic rings. The minimum absolute atomic E-state index is 0.0476. The average molecular weight is 413 g/mol. The van der Waals surface area contributed by atoms with E-state index >= 15 is 0 Å². The van der Waals surface area contributed by atoms with Crippen LogP contribution in [0.5, 0.6) is 5.75 Å². The summed E-state index contributed by atoms with van der Waals surface area (Å²) in [5.41, 5.74) is 0.944. The van der Waals surface area contributed by atoms with Gasteiger partial charge in [-0.3, -0.25) is 14.4 Å². The summed E-state index contributed by atoms with van der Waals surface area (Å²) < 4.78 is 18.2. The molecule has 1 saturated heterocycles. The first-order chi connectivity index (χ1) is 14.3. The third-order valence-corrected chi connectivity index (χ3v) is 3.94. The van der Waals surface area contributed by atoms with Crippen molar-refractivity contribution in [3.05, 3.63) is 65.6 Å². The van der Waals surface area contributed by atoms with Crippen LogP contribution < -0.4 is 15.4 Å². The molecule has 0 bridgehead atoms. The van der Waals surface area contributed by atoms with Gasteiger partial charge < -0.3 is 20.5 Å². The van der Waals surface area contributed by atoms with Crippen molar-refractivity contribution in [2.45, 2.75) is 0 Å². The Hall–Kier alpha value is -4.21. The number of carboxylic acids is 1. The van der Waals surface area contributed by atoms with Gasteiger partial charge in [0.15, 0.2) is 6.61 Å². The SMILES string of the molecule is O=C(O)CN1C(=O)N/C(=C/c2ccc(OCC(=O)Nc3ccc(F)cc3)cc2)C1=O. The molecule has 0 aliphatic carbocycles. The third kappa shape index (κ3) is 5.19. The Morgan fingerprint density at radius 2 is 1.77 bits per heavy atom. The molecule has 9 nitrogen and oxygen atoms in total. The number of nitrogens with zero attached hydrogens (tertiary/aromatic N) is 1. The van der Waals surface area contributed by atoms with E-state index in [-0.39, 0.29) is 12.3 Å². The Bertz CT molecular complexity index is 1020. The normalized spacial score (nSPS) is 14.6. The van der Waals surface area contributed by atoms with Crippen molar-refractivity contribution in [1.82, 2.24) is 10.2 Å². The molecule has 1 aliphatic heterocycles. The first kappa shape index (κ1) is 20.5. The summed E-state index contributed by atoms with van der Waals surface area (Å²) in [4.78, 5) is 47.0. The van der Waals surface area contributed by atoms with Crippen LogP contribution in [0.15, 0.2) is 54.2 Å². The predicted molar refractivity (Wildman–Crippen MR) is 103 cm³/mol. The Balaban J connectivity index is 1.56. The van der Waals surface area contributed by atoms with Gasteiger partial charge in [0.05, 0.1) is 0 Å². The predicted octanol–water partition coefficient (Wildman–Crippen LogP) is 1.82. The Labute approximate surface area is 169 Å². The molecule has 1 fully saturated rings. The number of urea groups is 1. The van der Waals surface area contributed by atoms with Crippen LogP contribution in [0.2, 0.25) is 0 Å². The largest absolute Gasteiger partial charge is 0.484 e. The number of imide groups is 1. The first-order valence-corrected chi connectivity index (χ1v) is 8.66. The maximum atomic E-state index is 12.9. The molecular weight excluding hydrogens is 397 g/mol. The van der Waals surface area contributed by atoms with Crippen LogP contribution in [-0.4, -0.2) is 47.0 Å². The molecule has 1 heterocycles. The van der Waals surface area contributed by atoms with Gasteiger partial charge in [-0.15, -0.1) is 0 Å². The lowest BCUT2D eigenvalue weighted by atomic mass is 10.2. The van der Waals surface area contributed by atoms with E-state index in [0.29, 0.717) is 21.9 Å². The Morgan fingerprint density at radius 3 is 2.40 bits per heavy atom. The van der Waals surface area contributed by atoms with E-state index in [1.807, 2.05) is 0 Å². The number of aliphatic carboxylic acids is 1. The van der Waals surface area contributed by atoms with Crippen LogP contribution in [0.1, 0.15) is 5.56 Å². The van der Waals surface area contributed by atoms with Crippen molar-refractivity contribution in [3.8, 4) is 5.75 Å². The van der Waals surface area contributed by atoms with Gasteiger partial charge >= 0.3 is 12.0 Å². The number of anilines is 1. The topological polar surface area (TPSA) is 125 Å². The number of carboxylic acid groups (broad SMARTS) is 1. The lowest BCUT2D eigenvalue weighted by Crippen LogP contribution is -2.35. The van der Waals surface area contributed by atoms with E-state index < -0.39 is 36.2 Å². The maximum absolute atomic E-state index is 12.9. The van der Waals surface area contributed by atoms with Gasteiger partial charge in [0.2, 0.25) is 0 Å². The van der Waals surface area contributed by atoms with E-state index in [2.05, 4.69) is 10.6 Å². The quantitative estimate of drug-likeness (QED) is 0.470. The molecule has 4 amide bonds. The monoisotopic (exact) mass is 413 g/mol. The number of carbonyl (C=O) groups excluding carboxylic acids is 3. The number of benzene rings is 2. The van der Waals surface area contributed by atoms with Crippen molar-refractivity contribution in [2.75, 3.05) is 18.5 Å². The van der Waals surface area contributed by atoms with Gasteiger partial charge in [-0.1, -0.05) is 12.1 Å². The number of amides is 4. The molecule has 1 aliphatic rings. The molecule has 3 rings (SSSR count). The van der Waals surface area contributed by atoms with E-state index in [4.69, 9.17) is 9.84 Å². The maximum Gasteiger partial charge on any atom is 0.329 e. The van der Waals surface area contributed by atoms with Crippen molar-refractivity contribution < 1.29 is 33.4 Å². The van der Waals surface area contributed by atoms with E-state index in [1.165, 1.54) is 30.3 Å². The van der Waals surface area contributed by atoms with Gasteiger partial charge in [-0.25, -0.2) is 14.1 Å². The lowest BCUT2D eigenvalue weighted by molar-refractivity contribution is -0.140. The van der Waals surface area contributed by atoms with Crippen LogP contribution >= 0.6 is 0 Å². The second-order valence-electron chi connectivity index (χ2n) is 6.19. The number of ether oxygens (including phenoxy) is 1. The molecule has 0 saturated carbocycles. The van der Waals surface area contributed by atoms with Gasteiger partial charge in [-0.2, -0.15) is 0 Å². The van der Waals surface area contributed by atoms with Gasteiger partial charge in [-0.05, 0) is 48.0 Å². The molecule has 0 unspecified atom stereocenters. The highest BCUT2D eigenvalue weighted by Crippen LogP contribution is 2.17. The summed E-state index contributed by atoms with van der Waals surface area (Å²) in [5, 5.41) is 13.6. The fourth-order valence-electron chi connectivity index (χ4n) is 2.56. The summed E-state index contributed by atoms with van der Waals surface area (Å²) in [5.74, 6) is -2.48. The molecule has 0 atom stereocenters. The molecule has 2 aromatic carbocycles. The third-order valence-electron chi connectivity index (χ3n) is 3.94. The number of halogens is 1. The van der Waals surface area contributed by atoms with Crippen LogP contribution in [0.25, 0.3) is 6.08 Å². The highest BCUT2D eigenvalue weighted by Gasteiger charge is 2.34. The second kappa shape index (κ2) is 8.86. The van der Waals surface area contributed by atoms with Crippen LogP contribution in [0.3, 0.4) is 0 Å². The molecule has 154 valence electrons. The van der Waals surface area contributed by atoms with Gasteiger partial charge in [0.1, 0.15) is 23.8 Å². The summed E-state index contributed by atoms with van der Waals surface area (Å²) in [6.45, 7) is -0.995. The van der Waals surface area contributed by atoms with Crippen LogP contribution in [0.4, 0.5) is 14.9 Å². The Kier molecular flexibility index (Phi) is 6.06. The van der Waals surface area contributed by atoms with Crippen molar-refractivity contribution in [3.63, 3.8) is 0 Å². The second-order valence-corrected chi connectivity index (χ2v) is 6.19. The van der Waals surface area contributed by atoms with Crippen LogP contribution in [0, 0.1) is 5.82 Å². The summed E-state index contributed by atoms with van der Waals surface area (Å²) >= 11 is 0. The molecule has 0 spiro atoms. The van der Waals surface area contributed by atoms with Crippen LogP contribution in [-0.2, 0) is 14.4 Å². The standard InChI is InChI=1S/C20H16FN3O6/c21-13-3-5-14(6-4-13)22-17(25)11-30-15-7-1-12(2-8-15)9-16-19(28)24(10-18(26)27)20(29)23-16/h1-9H,10-11H2,(H,22,25)(H,23,29)(H,26,27)/b16-9+.